The summed E-state index contributed by atoms with van der Waals surface area (Å²) >= 11 is 6.21. The molecule has 8 heteroatoms. The Morgan fingerprint density at radius 2 is 2.03 bits per heavy atom. The van der Waals surface area contributed by atoms with Gasteiger partial charge in [-0.1, -0.05) is 41.9 Å². The summed E-state index contributed by atoms with van der Waals surface area (Å²) in [5, 5.41) is 7.33. The highest BCUT2D eigenvalue weighted by molar-refractivity contribution is 6.30. The van der Waals surface area contributed by atoms with E-state index in [0.29, 0.717) is 17.5 Å². The Morgan fingerprint density at radius 3 is 2.74 bits per heavy atom. The maximum Gasteiger partial charge on any atom is 0.241 e. The van der Waals surface area contributed by atoms with Crippen LogP contribution in [-0.4, -0.2) is 63.6 Å². The number of benzene rings is 2. The van der Waals surface area contributed by atoms with E-state index in [1.807, 2.05) is 48.5 Å². The van der Waals surface area contributed by atoms with Crippen LogP contribution < -0.4 is 20.3 Å². The summed E-state index contributed by atoms with van der Waals surface area (Å²) in [5.41, 5.74) is 2.09. The summed E-state index contributed by atoms with van der Waals surface area (Å²) in [5.74, 6) is 1.42. The van der Waals surface area contributed by atoms with Gasteiger partial charge in [0.15, 0.2) is 5.96 Å². The Balaban J connectivity index is 1.67. The minimum Gasteiger partial charge on any atom is -0.495 e. The maximum atomic E-state index is 12.0. The van der Waals surface area contributed by atoms with Crippen molar-refractivity contribution in [2.75, 3.05) is 45.7 Å². The molecular weight excluding hydrogens is 414 g/mol. The molecule has 0 saturated carbocycles. The van der Waals surface area contributed by atoms with Crippen LogP contribution in [0.1, 0.15) is 12.0 Å². The highest BCUT2D eigenvalue weighted by Gasteiger charge is 2.26. The van der Waals surface area contributed by atoms with E-state index in [4.69, 9.17) is 21.3 Å². The van der Waals surface area contributed by atoms with Gasteiger partial charge in [-0.3, -0.25) is 4.79 Å². The van der Waals surface area contributed by atoms with Crippen LogP contribution in [0.5, 0.6) is 5.75 Å². The molecule has 166 valence electrons. The molecule has 0 aromatic heterocycles. The van der Waals surface area contributed by atoms with Gasteiger partial charge in [0.25, 0.3) is 0 Å². The van der Waals surface area contributed by atoms with Gasteiger partial charge in [0, 0.05) is 38.2 Å². The predicted octanol–water partition coefficient (Wildman–Crippen LogP) is 2.75. The first-order chi connectivity index (χ1) is 15.0. The van der Waals surface area contributed by atoms with Crippen molar-refractivity contribution in [1.29, 1.82) is 0 Å². The first-order valence-electron chi connectivity index (χ1n) is 10.3. The molecule has 0 aliphatic carbocycles. The Hall–Kier alpha value is -2.93. The van der Waals surface area contributed by atoms with Gasteiger partial charge < -0.3 is 25.2 Å². The number of likely N-dealkylation sites (N-methyl/N-ethyl adjacent to an activating group) is 1. The third-order valence-electron chi connectivity index (χ3n) is 5.18. The molecule has 1 saturated heterocycles. The third kappa shape index (κ3) is 6.52. The minimum atomic E-state index is -0.00840. The zero-order valence-electron chi connectivity index (χ0n) is 18.3. The first-order valence-corrected chi connectivity index (χ1v) is 10.7. The number of halogens is 1. The number of carbonyl (C=O) groups is 1. The fourth-order valence-electron chi connectivity index (χ4n) is 3.42. The van der Waals surface area contributed by atoms with Crippen molar-refractivity contribution in [1.82, 2.24) is 15.5 Å². The van der Waals surface area contributed by atoms with E-state index in [2.05, 4.69) is 15.5 Å². The van der Waals surface area contributed by atoms with E-state index in [0.717, 1.165) is 36.5 Å². The molecule has 3 rings (SSSR count). The lowest BCUT2D eigenvalue weighted by molar-refractivity contribution is -0.127. The summed E-state index contributed by atoms with van der Waals surface area (Å²) in [6, 6.07) is 15.9. The van der Waals surface area contributed by atoms with Crippen LogP contribution in [0.15, 0.2) is 53.5 Å². The first kappa shape index (κ1) is 22.7. The van der Waals surface area contributed by atoms with Crippen molar-refractivity contribution in [2.45, 2.75) is 19.0 Å². The van der Waals surface area contributed by atoms with Gasteiger partial charge in [0.1, 0.15) is 5.75 Å². The lowest BCUT2D eigenvalue weighted by atomic mass is 10.2. The normalized spacial score (nSPS) is 16.2. The van der Waals surface area contributed by atoms with E-state index in [-0.39, 0.29) is 18.5 Å². The standard InChI is InChI=1S/C23H30ClN5O2/c1-28(2)22(30)15-26-23(25-14-17-7-5-4-6-8-17)27-19-11-12-29(16-19)20-13-18(24)9-10-21(20)31-3/h4-10,13,19H,11-12,14-16H2,1-3H3,(H2,25,26,27). The van der Waals surface area contributed by atoms with E-state index in [9.17, 15) is 4.79 Å². The van der Waals surface area contributed by atoms with Gasteiger partial charge in [-0.15, -0.1) is 0 Å². The van der Waals surface area contributed by atoms with E-state index >= 15 is 0 Å². The number of nitrogens with one attached hydrogen (secondary N) is 2. The van der Waals surface area contributed by atoms with Crippen LogP contribution >= 0.6 is 11.6 Å². The number of carbonyl (C=O) groups excluding carboxylic acids is 1. The molecular formula is C23H30ClN5O2. The molecule has 1 amide bonds. The SMILES string of the molecule is COc1ccc(Cl)cc1N1CCC(NC(=NCc2ccccc2)NCC(=O)N(C)C)C1. The second kappa shape index (κ2) is 10.9. The molecule has 7 nitrogen and oxygen atoms in total. The summed E-state index contributed by atoms with van der Waals surface area (Å²) in [7, 11) is 5.15. The molecule has 1 heterocycles. The summed E-state index contributed by atoms with van der Waals surface area (Å²) < 4.78 is 5.51. The lowest BCUT2D eigenvalue weighted by Crippen LogP contribution is -2.47. The predicted molar refractivity (Wildman–Crippen MR) is 126 cm³/mol. The quantitative estimate of drug-likeness (QED) is 0.508. The smallest absolute Gasteiger partial charge is 0.241 e. The molecule has 2 aromatic rings. The van der Waals surface area contributed by atoms with Gasteiger partial charge in [0.05, 0.1) is 25.9 Å². The zero-order chi connectivity index (χ0) is 22.2. The average molecular weight is 444 g/mol. The Labute approximate surface area is 189 Å². The van der Waals surface area contributed by atoms with Gasteiger partial charge in [0.2, 0.25) is 5.91 Å². The highest BCUT2D eigenvalue weighted by atomic mass is 35.5. The zero-order valence-corrected chi connectivity index (χ0v) is 19.0. The number of methoxy groups -OCH3 is 1. The molecule has 1 aliphatic heterocycles. The van der Waals surface area contributed by atoms with Crippen LogP contribution in [0.2, 0.25) is 5.02 Å². The molecule has 0 radical (unpaired) electrons. The summed E-state index contributed by atoms with van der Waals surface area (Å²) in [6.07, 6.45) is 0.934. The van der Waals surface area contributed by atoms with E-state index in [1.165, 1.54) is 0 Å². The maximum absolute atomic E-state index is 12.0. The van der Waals surface area contributed by atoms with Crippen molar-refractivity contribution in [3.05, 3.63) is 59.1 Å². The van der Waals surface area contributed by atoms with Crippen molar-refractivity contribution in [2.24, 2.45) is 4.99 Å². The largest absolute Gasteiger partial charge is 0.495 e. The number of amides is 1. The Kier molecular flexibility index (Phi) is 8.00. The monoisotopic (exact) mass is 443 g/mol. The van der Waals surface area contributed by atoms with Crippen LogP contribution in [0.3, 0.4) is 0 Å². The van der Waals surface area contributed by atoms with Crippen LogP contribution in [-0.2, 0) is 11.3 Å². The average Bonchev–Trinajstić information content (AvgIpc) is 3.24. The van der Waals surface area contributed by atoms with E-state index in [1.54, 1.807) is 26.1 Å². The number of hydrogen-bond acceptors (Lipinski definition) is 4. The summed E-state index contributed by atoms with van der Waals surface area (Å²) in [6.45, 7) is 2.37. The fraction of sp³-hybridized carbons (Fsp3) is 0.391. The molecule has 2 N–H and O–H groups in total. The molecule has 2 aromatic carbocycles. The number of aliphatic imine (C=N–C) groups is 1. The summed E-state index contributed by atoms with van der Waals surface area (Å²) in [4.78, 5) is 20.6. The topological polar surface area (TPSA) is 69.2 Å². The minimum absolute atomic E-state index is 0.00840. The number of hydrogen-bond donors (Lipinski definition) is 2. The van der Waals surface area contributed by atoms with Crippen molar-refractivity contribution in [3.8, 4) is 5.75 Å². The molecule has 1 aliphatic rings. The number of rotatable bonds is 7. The third-order valence-corrected chi connectivity index (χ3v) is 5.41. The number of nitrogens with zero attached hydrogens (tertiary/aromatic N) is 3. The molecule has 1 unspecified atom stereocenters. The number of anilines is 1. The molecule has 0 bridgehead atoms. The number of ether oxygens (including phenoxy) is 1. The second-order valence-corrected chi connectivity index (χ2v) is 8.12. The Morgan fingerprint density at radius 1 is 1.26 bits per heavy atom. The van der Waals surface area contributed by atoms with Crippen molar-refractivity contribution >= 4 is 29.2 Å². The molecule has 0 spiro atoms. The van der Waals surface area contributed by atoms with Gasteiger partial charge in [-0.05, 0) is 30.2 Å². The van der Waals surface area contributed by atoms with Crippen LogP contribution in [0.4, 0.5) is 5.69 Å². The Bertz CT molecular complexity index is 904. The van der Waals surface area contributed by atoms with Crippen molar-refractivity contribution < 1.29 is 9.53 Å². The van der Waals surface area contributed by atoms with Crippen LogP contribution in [0, 0.1) is 0 Å². The van der Waals surface area contributed by atoms with Gasteiger partial charge in [-0.2, -0.15) is 0 Å². The second-order valence-electron chi connectivity index (χ2n) is 7.68. The van der Waals surface area contributed by atoms with Gasteiger partial charge >= 0.3 is 0 Å². The molecule has 1 fully saturated rings. The number of guanidine groups is 1. The molecule has 31 heavy (non-hydrogen) atoms. The highest BCUT2D eigenvalue weighted by Crippen LogP contribution is 2.33. The molecule has 1 atom stereocenters. The fourth-order valence-corrected chi connectivity index (χ4v) is 3.59. The van der Waals surface area contributed by atoms with E-state index < -0.39 is 0 Å². The van der Waals surface area contributed by atoms with Crippen molar-refractivity contribution in [3.63, 3.8) is 0 Å². The van der Waals surface area contributed by atoms with Gasteiger partial charge in [-0.25, -0.2) is 4.99 Å². The van der Waals surface area contributed by atoms with Crippen LogP contribution in [0.25, 0.3) is 0 Å². The lowest BCUT2D eigenvalue weighted by Gasteiger charge is -2.22.